The minimum absolute atomic E-state index is 0.0696. The van der Waals surface area contributed by atoms with Gasteiger partial charge in [-0.3, -0.25) is 0 Å². The van der Waals surface area contributed by atoms with E-state index in [1.807, 2.05) is 0 Å². The summed E-state index contributed by atoms with van der Waals surface area (Å²) in [5, 5.41) is 20.7. The molecule has 1 atom stereocenters. The van der Waals surface area contributed by atoms with E-state index in [1.54, 1.807) is 0 Å². The van der Waals surface area contributed by atoms with E-state index in [2.05, 4.69) is 20.8 Å². The van der Waals surface area contributed by atoms with Crippen LogP contribution in [-0.4, -0.2) is 16.0 Å². The van der Waals surface area contributed by atoms with Crippen LogP contribution < -0.4 is 0 Å². The quantitative estimate of drug-likeness (QED) is 0.331. The highest BCUT2D eigenvalue weighted by Crippen LogP contribution is 2.30. The highest BCUT2D eigenvalue weighted by Gasteiger charge is 2.32. The van der Waals surface area contributed by atoms with E-state index in [-0.39, 0.29) is 5.92 Å². The van der Waals surface area contributed by atoms with Crippen LogP contribution in [0.15, 0.2) is 0 Å². The van der Waals surface area contributed by atoms with Crippen molar-refractivity contribution in [1.82, 2.24) is 0 Å². The molecule has 0 saturated carbocycles. The van der Waals surface area contributed by atoms with Crippen LogP contribution in [-0.2, 0) is 0 Å². The van der Waals surface area contributed by atoms with Crippen molar-refractivity contribution in [2.75, 3.05) is 0 Å². The maximum absolute atomic E-state index is 10.3. The summed E-state index contributed by atoms with van der Waals surface area (Å²) in [4.78, 5) is 0. The minimum Gasteiger partial charge on any atom is -0.365 e. The molecule has 2 heteroatoms. The van der Waals surface area contributed by atoms with Crippen molar-refractivity contribution in [3.8, 4) is 0 Å². The number of rotatable bonds is 14. The molecular weight excluding hydrogens is 248 g/mol. The summed E-state index contributed by atoms with van der Waals surface area (Å²) in [6.07, 6.45) is 14.3. The Balaban J connectivity index is 4.06. The summed E-state index contributed by atoms with van der Waals surface area (Å²) in [7, 11) is 0. The Labute approximate surface area is 127 Å². The predicted molar refractivity (Wildman–Crippen MR) is 87.7 cm³/mol. The third-order valence-corrected chi connectivity index (χ3v) is 4.36. The molecule has 0 aliphatic carbocycles. The molecule has 0 fully saturated rings. The van der Waals surface area contributed by atoms with Gasteiger partial charge in [0.1, 0.15) is 0 Å². The van der Waals surface area contributed by atoms with Gasteiger partial charge in [-0.25, -0.2) is 0 Å². The molecule has 0 bridgehead atoms. The SMILES string of the molecule is CCCCCCCCC(CCCC)C(O)(O)CCCC. The van der Waals surface area contributed by atoms with Crippen LogP contribution in [0.4, 0.5) is 0 Å². The average molecular weight is 286 g/mol. The molecule has 0 aliphatic heterocycles. The normalized spacial score (nSPS) is 13.7. The Morgan fingerprint density at radius 2 is 1.15 bits per heavy atom. The third kappa shape index (κ3) is 9.77. The van der Waals surface area contributed by atoms with Crippen LogP contribution in [0.2, 0.25) is 0 Å². The fraction of sp³-hybridized carbons (Fsp3) is 1.00. The highest BCUT2D eigenvalue weighted by atomic mass is 16.5. The number of aliphatic hydroxyl groups is 2. The third-order valence-electron chi connectivity index (χ3n) is 4.36. The van der Waals surface area contributed by atoms with Gasteiger partial charge < -0.3 is 10.2 Å². The number of hydrogen-bond donors (Lipinski definition) is 2. The molecule has 2 N–H and O–H groups in total. The van der Waals surface area contributed by atoms with E-state index in [1.165, 1.54) is 32.1 Å². The van der Waals surface area contributed by atoms with Crippen molar-refractivity contribution in [1.29, 1.82) is 0 Å². The Morgan fingerprint density at radius 1 is 0.650 bits per heavy atom. The lowest BCUT2D eigenvalue weighted by atomic mass is 9.85. The molecule has 20 heavy (non-hydrogen) atoms. The zero-order chi connectivity index (χ0) is 15.3. The summed E-state index contributed by atoms with van der Waals surface area (Å²) >= 11 is 0. The van der Waals surface area contributed by atoms with Crippen molar-refractivity contribution in [3.63, 3.8) is 0 Å². The first-order chi connectivity index (χ1) is 9.58. The summed E-state index contributed by atoms with van der Waals surface area (Å²) < 4.78 is 0. The summed E-state index contributed by atoms with van der Waals surface area (Å²) in [6.45, 7) is 6.51. The number of hydrogen-bond acceptors (Lipinski definition) is 2. The van der Waals surface area contributed by atoms with Gasteiger partial charge in [-0.05, 0) is 19.3 Å². The Morgan fingerprint density at radius 3 is 1.75 bits per heavy atom. The zero-order valence-electron chi connectivity index (χ0n) is 14.2. The van der Waals surface area contributed by atoms with Crippen LogP contribution in [0, 0.1) is 5.92 Å². The van der Waals surface area contributed by atoms with Gasteiger partial charge in [-0.2, -0.15) is 0 Å². The smallest absolute Gasteiger partial charge is 0.165 e. The molecule has 0 heterocycles. The molecule has 0 spiro atoms. The molecule has 2 nitrogen and oxygen atoms in total. The first-order valence-electron chi connectivity index (χ1n) is 9.03. The van der Waals surface area contributed by atoms with Crippen LogP contribution >= 0.6 is 0 Å². The Kier molecular flexibility index (Phi) is 12.6. The second-order valence-corrected chi connectivity index (χ2v) is 6.38. The molecule has 0 aromatic heterocycles. The van der Waals surface area contributed by atoms with Crippen LogP contribution in [0.5, 0.6) is 0 Å². The van der Waals surface area contributed by atoms with Crippen LogP contribution in [0.1, 0.15) is 104 Å². The van der Waals surface area contributed by atoms with Gasteiger partial charge in [0.15, 0.2) is 5.79 Å². The van der Waals surface area contributed by atoms with Gasteiger partial charge in [0.05, 0.1) is 0 Å². The second kappa shape index (κ2) is 12.6. The molecule has 0 saturated heterocycles. The fourth-order valence-corrected chi connectivity index (χ4v) is 2.87. The van der Waals surface area contributed by atoms with Crippen molar-refractivity contribution in [2.45, 2.75) is 110 Å². The Bertz CT molecular complexity index is 202. The molecule has 0 aliphatic rings. The fourth-order valence-electron chi connectivity index (χ4n) is 2.87. The van der Waals surface area contributed by atoms with Gasteiger partial charge in [-0.1, -0.05) is 78.6 Å². The van der Waals surface area contributed by atoms with Crippen molar-refractivity contribution in [3.05, 3.63) is 0 Å². The number of unbranched alkanes of at least 4 members (excludes halogenated alkanes) is 7. The predicted octanol–water partition coefficient (Wildman–Crippen LogP) is 5.41. The maximum Gasteiger partial charge on any atom is 0.165 e. The minimum atomic E-state index is -1.44. The second-order valence-electron chi connectivity index (χ2n) is 6.38. The van der Waals surface area contributed by atoms with Gasteiger partial charge in [0, 0.05) is 12.3 Å². The summed E-state index contributed by atoms with van der Waals surface area (Å²) in [6, 6.07) is 0. The van der Waals surface area contributed by atoms with E-state index < -0.39 is 5.79 Å². The zero-order valence-corrected chi connectivity index (χ0v) is 14.2. The highest BCUT2D eigenvalue weighted by molar-refractivity contribution is 4.76. The van der Waals surface area contributed by atoms with Crippen LogP contribution in [0.25, 0.3) is 0 Å². The van der Waals surface area contributed by atoms with E-state index in [0.717, 1.165) is 44.9 Å². The van der Waals surface area contributed by atoms with Gasteiger partial charge in [-0.15, -0.1) is 0 Å². The van der Waals surface area contributed by atoms with Crippen molar-refractivity contribution >= 4 is 0 Å². The first kappa shape index (κ1) is 19.9. The van der Waals surface area contributed by atoms with Crippen LogP contribution in [0.3, 0.4) is 0 Å². The molecule has 0 amide bonds. The van der Waals surface area contributed by atoms with E-state index >= 15 is 0 Å². The van der Waals surface area contributed by atoms with Gasteiger partial charge in [0.25, 0.3) is 0 Å². The maximum atomic E-state index is 10.3. The molecule has 0 radical (unpaired) electrons. The van der Waals surface area contributed by atoms with Crippen molar-refractivity contribution < 1.29 is 10.2 Å². The summed E-state index contributed by atoms with van der Waals surface area (Å²) in [5.41, 5.74) is 0. The molecule has 0 rings (SSSR count). The topological polar surface area (TPSA) is 40.5 Å². The average Bonchev–Trinajstić information content (AvgIpc) is 2.43. The standard InChI is InChI=1S/C18H38O2/c1-4-7-10-11-12-13-15-17(14-8-5-2)18(19,20)16-9-6-3/h17,19-20H,4-16H2,1-3H3. The van der Waals surface area contributed by atoms with E-state index in [0.29, 0.717) is 6.42 Å². The van der Waals surface area contributed by atoms with Gasteiger partial charge in [0.2, 0.25) is 0 Å². The Hall–Kier alpha value is -0.0800. The molecule has 1 unspecified atom stereocenters. The molecule has 122 valence electrons. The van der Waals surface area contributed by atoms with E-state index in [4.69, 9.17) is 0 Å². The molecular formula is C18H38O2. The first-order valence-corrected chi connectivity index (χ1v) is 9.03. The lowest BCUT2D eigenvalue weighted by molar-refractivity contribution is -0.209. The lowest BCUT2D eigenvalue weighted by Crippen LogP contribution is -2.37. The lowest BCUT2D eigenvalue weighted by Gasteiger charge is -2.31. The van der Waals surface area contributed by atoms with Gasteiger partial charge >= 0.3 is 0 Å². The summed E-state index contributed by atoms with van der Waals surface area (Å²) in [5.74, 6) is -1.37. The van der Waals surface area contributed by atoms with Crippen molar-refractivity contribution in [2.24, 2.45) is 5.92 Å². The molecule has 0 aromatic carbocycles. The largest absolute Gasteiger partial charge is 0.365 e. The van der Waals surface area contributed by atoms with E-state index in [9.17, 15) is 10.2 Å². The molecule has 0 aromatic rings. The monoisotopic (exact) mass is 286 g/mol.